The minimum atomic E-state index is -0.596. The Morgan fingerprint density at radius 3 is 2.53 bits per heavy atom. The highest BCUT2D eigenvalue weighted by atomic mass is 16.5. The summed E-state index contributed by atoms with van der Waals surface area (Å²) in [5, 5.41) is 0. The molecule has 0 heterocycles. The molecule has 0 bridgehead atoms. The predicted molar refractivity (Wildman–Crippen MR) is 64.2 cm³/mol. The smallest absolute Gasteiger partial charge is 0.163 e. The second kappa shape index (κ2) is 7.04. The van der Waals surface area contributed by atoms with Crippen molar-refractivity contribution in [2.45, 2.75) is 13.0 Å². The Balaban J connectivity index is 2.85. The van der Waals surface area contributed by atoms with Crippen molar-refractivity contribution in [1.29, 1.82) is 0 Å². The van der Waals surface area contributed by atoms with Crippen LogP contribution in [-0.2, 0) is 14.3 Å². The Morgan fingerprint density at radius 2 is 1.94 bits per heavy atom. The SMILES string of the molecule is COCCOC(C(C)=O)c1ccccc1OC. The quantitative estimate of drug-likeness (QED) is 0.681. The molecule has 0 fully saturated rings. The van der Waals surface area contributed by atoms with Gasteiger partial charge in [-0.05, 0) is 13.0 Å². The Hall–Kier alpha value is -1.39. The third kappa shape index (κ3) is 3.84. The average Bonchev–Trinajstić information content (AvgIpc) is 2.34. The summed E-state index contributed by atoms with van der Waals surface area (Å²) in [6, 6.07) is 7.35. The first-order chi connectivity index (χ1) is 8.20. The lowest BCUT2D eigenvalue weighted by Crippen LogP contribution is -2.16. The van der Waals surface area contributed by atoms with Gasteiger partial charge < -0.3 is 14.2 Å². The molecular formula is C13H18O4. The lowest BCUT2D eigenvalue weighted by molar-refractivity contribution is -0.129. The fourth-order valence-electron chi connectivity index (χ4n) is 1.56. The summed E-state index contributed by atoms with van der Waals surface area (Å²) in [5.41, 5.74) is 0.749. The van der Waals surface area contributed by atoms with E-state index in [0.29, 0.717) is 19.0 Å². The minimum absolute atomic E-state index is 0.0504. The molecule has 0 aliphatic rings. The molecule has 0 radical (unpaired) electrons. The van der Waals surface area contributed by atoms with E-state index >= 15 is 0 Å². The van der Waals surface area contributed by atoms with E-state index in [2.05, 4.69) is 0 Å². The van der Waals surface area contributed by atoms with Crippen molar-refractivity contribution in [2.75, 3.05) is 27.4 Å². The van der Waals surface area contributed by atoms with E-state index in [1.165, 1.54) is 6.92 Å². The fourth-order valence-corrected chi connectivity index (χ4v) is 1.56. The number of methoxy groups -OCH3 is 2. The first kappa shape index (κ1) is 13.7. The molecule has 4 nitrogen and oxygen atoms in total. The van der Waals surface area contributed by atoms with E-state index in [1.807, 2.05) is 24.3 Å². The largest absolute Gasteiger partial charge is 0.496 e. The normalized spacial score (nSPS) is 12.2. The van der Waals surface area contributed by atoms with Crippen molar-refractivity contribution < 1.29 is 19.0 Å². The second-order valence-corrected chi connectivity index (χ2v) is 3.60. The number of para-hydroxylation sites is 1. The molecule has 0 aliphatic carbocycles. The summed E-state index contributed by atoms with van der Waals surface area (Å²) in [5.74, 6) is 0.607. The molecule has 0 saturated heterocycles. The minimum Gasteiger partial charge on any atom is -0.496 e. The van der Waals surface area contributed by atoms with E-state index in [0.717, 1.165) is 5.56 Å². The maximum absolute atomic E-state index is 11.6. The summed E-state index contributed by atoms with van der Waals surface area (Å²) in [4.78, 5) is 11.6. The molecule has 0 spiro atoms. The van der Waals surface area contributed by atoms with Crippen LogP contribution < -0.4 is 4.74 Å². The van der Waals surface area contributed by atoms with Gasteiger partial charge in [-0.25, -0.2) is 0 Å². The molecule has 0 N–H and O–H groups in total. The van der Waals surface area contributed by atoms with E-state index < -0.39 is 6.10 Å². The molecule has 4 heteroatoms. The van der Waals surface area contributed by atoms with Gasteiger partial charge in [0.25, 0.3) is 0 Å². The lowest BCUT2D eigenvalue weighted by atomic mass is 10.1. The van der Waals surface area contributed by atoms with Gasteiger partial charge in [-0.2, -0.15) is 0 Å². The Bertz CT molecular complexity index is 362. The van der Waals surface area contributed by atoms with Gasteiger partial charge in [-0.15, -0.1) is 0 Å². The molecule has 1 aromatic carbocycles. The van der Waals surface area contributed by atoms with Crippen molar-refractivity contribution in [1.82, 2.24) is 0 Å². The van der Waals surface area contributed by atoms with Crippen molar-refractivity contribution in [2.24, 2.45) is 0 Å². The number of Topliss-reactive ketones (excluding diaryl/α,β-unsaturated/α-hetero) is 1. The van der Waals surface area contributed by atoms with E-state index in [9.17, 15) is 4.79 Å². The van der Waals surface area contributed by atoms with Crippen LogP contribution in [0.4, 0.5) is 0 Å². The van der Waals surface area contributed by atoms with Crippen LogP contribution in [0.5, 0.6) is 5.75 Å². The van der Waals surface area contributed by atoms with Gasteiger partial charge >= 0.3 is 0 Å². The van der Waals surface area contributed by atoms with Gasteiger partial charge in [-0.3, -0.25) is 4.79 Å². The molecule has 94 valence electrons. The number of ether oxygens (including phenoxy) is 3. The highest BCUT2D eigenvalue weighted by molar-refractivity contribution is 5.82. The van der Waals surface area contributed by atoms with E-state index in [4.69, 9.17) is 14.2 Å². The van der Waals surface area contributed by atoms with Crippen molar-refractivity contribution in [3.63, 3.8) is 0 Å². The number of ketones is 1. The summed E-state index contributed by atoms with van der Waals surface area (Å²) >= 11 is 0. The standard InChI is InChI=1S/C13H18O4/c1-10(14)13(17-9-8-15-2)11-6-4-5-7-12(11)16-3/h4-7,13H,8-9H2,1-3H3. The van der Waals surface area contributed by atoms with E-state index in [-0.39, 0.29) is 5.78 Å². The maximum atomic E-state index is 11.6. The molecule has 1 atom stereocenters. The fraction of sp³-hybridized carbons (Fsp3) is 0.462. The molecule has 1 aromatic rings. The molecule has 1 rings (SSSR count). The summed E-state index contributed by atoms with van der Waals surface area (Å²) in [7, 11) is 3.17. The molecule has 0 saturated carbocycles. The predicted octanol–water partition coefficient (Wildman–Crippen LogP) is 1.99. The monoisotopic (exact) mass is 238 g/mol. The second-order valence-electron chi connectivity index (χ2n) is 3.60. The number of carbonyl (C=O) groups is 1. The number of rotatable bonds is 7. The number of hydrogen-bond acceptors (Lipinski definition) is 4. The van der Waals surface area contributed by atoms with Crippen LogP contribution >= 0.6 is 0 Å². The number of benzene rings is 1. The molecule has 17 heavy (non-hydrogen) atoms. The van der Waals surface area contributed by atoms with Gasteiger partial charge in [-0.1, -0.05) is 18.2 Å². The number of carbonyl (C=O) groups excluding carboxylic acids is 1. The van der Waals surface area contributed by atoms with Gasteiger partial charge in [0.05, 0.1) is 20.3 Å². The van der Waals surface area contributed by atoms with Crippen LogP contribution in [0.1, 0.15) is 18.6 Å². The third-order valence-electron chi connectivity index (χ3n) is 2.36. The Kier molecular flexibility index (Phi) is 5.66. The van der Waals surface area contributed by atoms with Gasteiger partial charge in [0.15, 0.2) is 5.78 Å². The maximum Gasteiger partial charge on any atom is 0.163 e. The molecule has 0 aliphatic heterocycles. The Labute approximate surface area is 101 Å². The zero-order valence-electron chi connectivity index (χ0n) is 10.4. The van der Waals surface area contributed by atoms with Crippen LogP contribution in [0.25, 0.3) is 0 Å². The summed E-state index contributed by atoms with van der Waals surface area (Å²) in [6.45, 7) is 2.33. The molecule has 1 unspecified atom stereocenters. The van der Waals surface area contributed by atoms with Gasteiger partial charge in [0, 0.05) is 12.7 Å². The van der Waals surface area contributed by atoms with Crippen LogP contribution in [0.3, 0.4) is 0 Å². The summed E-state index contributed by atoms with van der Waals surface area (Å²) in [6.07, 6.45) is -0.596. The summed E-state index contributed by atoms with van der Waals surface area (Å²) < 4.78 is 15.6. The van der Waals surface area contributed by atoms with Crippen LogP contribution in [0.15, 0.2) is 24.3 Å². The van der Waals surface area contributed by atoms with E-state index in [1.54, 1.807) is 14.2 Å². The highest BCUT2D eigenvalue weighted by Crippen LogP contribution is 2.27. The first-order valence-corrected chi connectivity index (χ1v) is 5.44. The van der Waals surface area contributed by atoms with Crippen LogP contribution in [0.2, 0.25) is 0 Å². The van der Waals surface area contributed by atoms with Crippen LogP contribution in [0, 0.1) is 0 Å². The average molecular weight is 238 g/mol. The molecule has 0 amide bonds. The van der Waals surface area contributed by atoms with Crippen LogP contribution in [-0.4, -0.2) is 33.2 Å². The first-order valence-electron chi connectivity index (χ1n) is 5.44. The Morgan fingerprint density at radius 1 is 1.24 bits per heavy atom. The number of hydrogen-bond donors (Lipinski definition) is 0. The lowest BCUT2D eigenvalue weighted by Gasteiger charge is -2.17. The zero-order valence-corrected chi connectivity index (χ0v) is 10.4. The molecule has 0 aromatic heterocycles. The van der Waals surface area contributed by atoms with Crippen molar-refractivity contribution in [3.05, 3.63) is 29.8 Å². The highest BCUT2D eigenvalue weighted by Gasteiger charge is 2.20. The van der Waals surface area contributed by atoms with Crippen molar-refractivity contribution >= 4 is 5.78 Å². The van der Waals surface area contributed by atoms with Crippen molar-refractivity contribution in [3.8, 4) is 5.75 Å². The zero-order chi connectivity index (χ0) is 12.7. The van der Waals surface area contributed by atoms with Gasteiger partial charge in [0.2, 0.25) is 0 Å². The van der Waals surface area contributed by atoms with Gasteiger partial charge in [0.1, 0.15) is 11.9 Å². The third-order valence-corrected chi connectivity index (χ3v) is 2.36. The topological polar surface area (TPSA) is 44.8 Å². The molecular weight excluding hydrogens is 220 g/mol.